The van der Waals surface area contributed by atoms with Crippen molar-refractivity contribution >= 4 is 6.08 Å². The molecule has 1 aromatic heterocycles. The Morgan fingerprint density at radius 3 is 2.44 bits per heavy atom. The van der Waals surface area contributed by atoms with E-state index >= 15 is 0 Å². The lowest BCUT2D eigenvalue weighted by molar-refractivity contribution is 0.414. The number of aromatic nitrogens is 1. The highest BCUT2D eigenvalue weighted by atomic mass is 16.5. The zero-order valence-electron chi connectivity index (χ0n) is 10.5. The van der Waals surface area contributed by atoms with Crippen LogP contribution in [0.4, 0.5) is 0 Å². The normalized spacial score (nSPS) is 10.8. The highest BCUT2D eigenvalue weighted by Crippen LogP contribution is 2.14. The van der Waals surface area contributed by atoms with E-state index in [0.717, 1.165) is 17.0 Å². The Hall–Kier alpha value is -2.29. The molecular weight excluding hydrogens is 226 g/mol. The van der Waals surface area contributed by atoms with Gasteiger partial charge in [-0.1, -0.05) is 12.2 Å². The van der Waals surface area contributed by atoms with E-state index in [1.54, 1.807) is 17.7 Å². The summed E-state index contributed by atoms with van der Waals surface area (Å²) in [5.74, 6) is 0.774. The summed E-state index contributed by atoms with van der Waals surface area (Å²) >= 11 is 0. The minimum absolute atomic E-state index is 0.0478. The average Bonchev–Trinajstić information content (AvgIpc) is 2.41. The molecule has 3 heteroatoms. The van der Waals surface area contributed by atoms with E-state index in [1.165, 1.54) is 0 Å². The maximum atomic E-state index is 11.8. The van der Waals surface area contributed by atoms with Crippen molar-refractivity contribution in [2.45, 2.75) is 6.92 Å². The molecule has 0 unspecified atom stereocenters. The molecule has 3 nitrogen and oxygen atoms in total. The molecule has 0 saturated heterocycles. The van der Waals surface area contributed by atoms with Gasteiger partial charge >= 0.3 is 0 Å². The van der Waals surface area contributed by atoms with Crippen molar-refractivity contribution in [3.63, 3.8) is 0 Å². The SMILES string of the molecule is C/C=C/c1ccc(=O)n(-c2ccc(OC)cc2)c1. The van der Waals surface area contributed by atoms with Gasteiger partial charge in [-0.2, -0.15) is 0 Å². The lowest BCUT2D eigenvalue weighted by Gasteiger charge is -2.07. The third-order valence-corrected chi connectivity index (χ3v) is 2.64. The van der Waals surface area contributed by atoms with Crippen molar-refractivity contribution in [3.8, 4) is 11.4 Å². The first-order valence-corrected chi connectivity index (χ1v) is 5.74. The summed E-state index contributed by atoms with van der Waals surface area (Å²) in [6.45, 7) is 1.95. The molecule has 0 radical (unpaired) electrons. The first kappa shape index (κ1) is 12.2. The number of methoxy groups -OCH3 is 1. The summed E-state index contributed by atoms with van der Waals surface area (Å²) in [4.78, 5) is 11.8. The minimum atomic E-state index is -0.0478. The number of allylic oxidation sites excluding steroid dienone is 1. The summed E-state index contributed by atoms with van der Waals surface area (Å²) in [6.07, 6.45) is 5.72. The molecule has 0 spiro atoms. The molecular formula is C15H15NO2. The van der Waals surface area contributed by atoms with Crippen LogP contribution >= 0.6 is 0 Å². The van der Waals surface area contributed by atoms with Gasteiger partial charge in [-0.3, -0.25) is 9.36 Å². The lowest BCUT2D eigenvalue weighted by Crippen LogP contribution is -2.16. The molecule has 0 fully saturated rings. The van der Waals surface area contributed by atoms with Crippen LogP contribution in [0.25, 0.3) is 11.8 Å². The molecule has 0 N–H and O–H groups in total. The van der Waals surface area contributed by atoms with Gasteiger partial charge in [-0.15, -0.1) is 0 Å². The molecule has 2 rings (SSSR count). The van der Waals surface area contributed by atoms with Crippen LogP contribution in [-0.2, 0) is 0 Å². The summed E-state index contributed by atoms with van der Waals surface area (Å²) in [5, 5.41) is 0. The molecule has 2 aromatic rings. The Morgan fingerprint density at radius 1 is 1.11 bits per heavy atom. The smallest absolute Gasteiger partial charge is 0.255 e. The van der Waals surface area contributed by atoms with Crippen LogP contribution in [0.15, 0.2) is 53.5 Å². The van der Waals surface area contributed by atoms with E-state index in [2.05, 4.69) is 0 Å². The van der Waals surface area contributed by atoms with E-state index < -0.39 is 0 Å². The maximum Gasteiger partial charge on any atom is 0.255 e. The zero-order valence-corrected chi connectivity index (χ0v) is 10.5. The Morgan fingerprint density at radius 2 is 1.83 bits per heavy atom. The van der Waals surface area contributed by atoms with Crippen LogP contribution in [-0.4, -0.2) is 11.7 Å². The van der Waals surface area contributed by atoms with E-state index in [4.69, 9.17) is 4.74 Å². The molecule has 0 aliphatic carbocycles. The summed E-state index contributed by atoms with van der Waals surface area (Å²) in [5.41, 5.74) is 1.77. The van der Waals surface area contributed by atoms with E-state index in [1.807, 2.05) is 55.6 Å². The number of benzene rings is 1. The minimum Gasteiger partial charge on any atom is -0.497 e. The largest absolute Gasteiger partial charge is 0.497 e. The zero-order chi connectivity index (χ0) is 13.0. The van der Waals surface area contributed by atoms with Crippen LogP contribution in [0.5, 0.6) is 5.75 Å². The first-order valence-electron chi connectivity index (χ1n) is 5.74. The molecule has 0 aliphatic heterocycles. The van der Waals surface area contributed by atoms with Gasteiger partial charge in [-0.25, -0.2) is 0 Å². The van der Waals surface area contributed by atoms with Gasteiger partial charge in [0.1, 0.15) is 5.75 Å². The second-order valence-electron chi connectivity index (χ2n) is 3.87. The van der Waals surface area contributed by atoms with E-state index in [9.17, 15) is 4.79 Å². The topological polar surface area (TPSA) is 31.2 Å². The summed E-state index contributed by atoms with van der Waals surface area (Å²) < 4.78 is 6.72. The van der Waals surface area contributed by atoms with E-state index in [0.29, 0.717) is 0 Å². The molecule has 0 amide bonds. The fourth-order valence-electron chi connectivity index (χ4n) is 1.74. The van der Waals surface area contributed by atoms with Crippen molar-refractivity contribution in [1.29, 1.82) is 0 Å². The van der Waals surface area contributed by atoms with Gasteiger partial charge < -0.3 is 4.74 Å². The fourth-order valence-corrected chi connectivity index (χ4v) is 1.74. The van der Waals surface area contributed by atoms with E-state index in [-0.39, 0.29) is 5.56 Å². The molecule has 0 aliphatic rings. The van der Waals surface area contributed by atoms with Gasteiger partial charge in [0.05, 0.1) is 7.11 Å². The van der Waals surface area contributed by atoms with Crippen molar-refractivity contribution < 1.29 is 4.74 Å². The molecule has 0 atom stereocenters. The average molecular weight is 241 g/mol. The lowest BCUT2D eigenvalue weighted by atomic mass is 10.2. The van der Waals surface area contributed by atoms with Crippen molar-refractivity contribution in [1.82, 2.24) is 4.57 Å². The number of pyridine rings is 1. The van der Waals surface area contributed by atoms with Crippen LogP contribution in [0.3, 0.4) is 0 Å². The van der Waals surface area contributed by atoms with Gasteiger partial charge in [0.25, 0.3) is 5.56 Å². The first-order chi connectivity index (χ1) is 8.74. The van der Waals surface area contributed by atoms with Crippen LogP contribution in [0.2, 0.25) is 0 Å². The van der Waals surface area contributed by atoms with Crippen LogP contribution in [0.1, 0.15) is 12.5 Å². The van der Waals surface area contributed by atoms with Gasteiger partial charge in [0.2, 0.25) is 0 Å². The Balaban J connectivity index is 2.48. The fraction of sp³-hybridized carbons (Fsp3) is 0.133. The highest BCUT2D eigenvalue weighted by molar-refractivity contribution is 5.49. The number of hydrogen-bond donors (Lipinski definition) is 0. The van der Waals surface area contributed by atoms with Gasteiger partial charge in [0.15, 0.2) is 0 Å². The second kappa shape index (κ2) is 5.36. The standard InChI is InChI=1S/C15H15NO2/c1-3-4-12-5-10-15(17)16(11-12)13-6-8-14(18-2)9-7-13/h3-11H,1-2H3/b4-3+. The summed E-state index contributed by atoms with van der Waals surface area (Å²) in [6, 6.07) is 10.8. The van der Waals surface area contributed by atoms with Crippen molar-refractivity contribution in [2.24, 2.45) is 0 Å². The van der Waals surface area contributed by atoms with Crippen molar-refractivity contribution in [3.05, 3.63) is 64.6 Å². The predicted molar refractivity (Wildman–Crippen MR) is 73.3 cm³/mol. The predicted octanol–water partition coefficient (Wildman–Crippen LogP) is 2.88. The summed E-state index contributed by atoms with van der Waals surface area (Å²) in [7, 11) is 1.62. The van der Waals surface area contributed by atoms with Crippen LogP contribution < -0.4 is 10.3 Å². The Kier molecular flexibility index (Phi) is 3.63. The molecule has 18 heavy (non-hydrogen) atoms. The molecule has 92 valence electrons. The number of rotatable bonds is 3. The number of nitrogens with zero attached hydrogens (tertiary/aromatic N) is 1. The maximum absolute atomic E-state index is 11.8. The molecule has 0 saturated carbocycles. The van der Waals surface area contributed by atoms with Gasteiger partial charge in [-0.05, 0) is 42.8 Å². The van der Waals surface area contributed by atoms with Gasteiger partial charge in [0, 0.05) is 18.0 Å². The molecule has 1 heterocycles. The third kappa shape index (κ3) is 2.51. The highest BCUT2D eigenvalue weighted by Gasteiger charge is 2.00. The number of ether oxygens (including phenoxy) is 1. The monoisotopic (exact) mass is 241 g/mol. The third-order valence-electron chi connectivity index (χ3n) is 2.64. The molecule has 1 aromatic carbocycles. The quantitative estimate of drug-likeness (QED) is 0.827. The van der Waals surface area contributed by atoms with Crippen molar-refractivity contribution in [2.75, 3.05) is 7.11 Å². The Labute approximate surface area is 106 Å². The van der Waals surface area contributed by atoms with Crippen LogP contribution in [0, 0.1) is 0 Å². The number of hydrogen-bond acceptors (Lipinski definition) is 2. The molecule has 0 bridgehead atoms. The Bertz CT molecular complexity index is 609. The second-order valence-corrected chi connectivity index (χ2v) is 3.87.